The van der Waals surface area contributed by atoms with Gasteiger partial charge >= 0.3 is 0 Å². The van der Waals surface area contributed by atoms with Crippen LogP contribution in [0.1, 0.15) is 29.2 Å². The van der Waals surface area contributed by atoms with Gasteiger partial charge in [-0.1, -0.05) is 54.6 Å². The number of anilines is 3. The predicted molar refractivity (Wildman–Crippen MR) is 139 cm³/mol. The summed E-state index contributed by atoms with van der Waals surface area (Å²) in [6.07, 6.45) is 2.96. The summed E-state index contributed by atoms with van der Waals surface area (Å²) in [4.78, 5) is 13.8. The molecule has 2 aromatic carbocycles. The SMILES string of the molecule is NCCOCCOCCNc1nc(NCCc2ccccc2)nc(NC2CCc3ccccc32)n1. The van der Waals surface area contributed by atoms with Gasteiger partial charge in [-0.3, -0.25) is 0 Å². The van der Waals surface area contributed by atoms with Crippen LogP contribution in [0.25, 0.3) is 0 Å². The molecule has 9 heteroatoms. The second-order valence-corrected chi connectivity index (χ2v) is 8.34. The third-order valence-corrected chi connectivity index (χ3v) is 5.77. The molecular weight excluding hydrogens is 442 g/mol. The first-order valence-corrected chi connectivity index (χ1v) is 12.3. The van der Waals surface area contributed by atoms with Crippen LogP contribution in [-0.2, 0) is 22.3 Å². The van der Waals surface area contributed by atoms with E-state index in [9.17, 15) is 0 Å². The smallest absolute Gasteiger partial charge is 0.229 e. The van der Waals surface area contributed by atoms with E-state index in [0.717, 1.165) is 25.8 Å². The molecule has 1 atom stereocenters. The quantitative estimate of drug-likeness (QED) is 0.245. The Labute approximate surface area is 206 Å². The Bertz CT molecular complexity index is 1040. The number of aromatic nitrogens is 3. The van der Waals surface area contributed by atoms with E-state index in [1.54, 1.807) is 0 Å². The number of hydrogen-bond acceptors (Lipinski definition) is 9. The van der Waals surface area contributed by atoms with Crippen molar-refractivity contribution in [2.24, 2.45) is 5.73 Å². The molecule has 1 unspecified atom stereocenters. The van der Waals surface area contributed by atoms with Gasteiger partial charge in [0.2, 0.25) is 17.8 Å². The number of hydrogen-bond donors (Lipinski definition) is 4. The summed E-state index contributed by atoms with van der Waals surface area (Å²) in [6, 6.07) is 19.1. The fourth-order valence-corrected chi connectivity index (χ4v) is 4.07. The van der Waals surface area contributed by atoms with Gasteiger partial charge in [0, 0.05) is 19.6 Å². The van der Waals surface area contributed by atoms with Gasteiger partial charge in [0.1, 0.15) is 0 Å². The number of ether oxygens (including phenoxy) is 2. The summed E-state index contributed by atoms with van der Waals surface area (Å²) >= 11 is 0. The maximum absolute atomic E-state index is 5.59. The van der Waals surface area contributed by atoms with Crippen LogP contribution in [0.4, 0.5) is 17.8 Å². The molecule has 35 heavy (non-hydrogen) atoms. The molecule has 0 amide bonds. The van der Waals surface area contributed by atoms with Gasteiger partial charge in [0.15, 0.2) is 0 Å². The molecule has 1 aliphatic rings. The fraction of sp³-hybridized carbons (Fsp3) is 0.423. The Hall–Kier alpha value is -3.27. The predicted octanol–water partition coefficient (Wildman–Crippen LogP) is 3.03. The summed E-state index contributed by atoms with van der Waals surface area (Å²) in [6.45, 7) is 3.96. The third kappa shape index (κ3) is 7.88. The van der Waals surface area contributed by atoms with Crippen LogP contribution in [0.5, 0.6) is 0 Å². The minimum Gasteiger partial charge on any atom is -0.378 e. The van der Waals surface area contributed by atoms with E-state index in [2.05, 4.69) is 67.3 Å². The Balaban J connectivity index is 1.35. The molecule has 186 valence electrons. The molecule has 9 nitrogen and oxygen atoms in total. The molecule has 0 spiro atoms. The molecule has 1 aromatic heterocycles. The first-order valence-electron chi connectivity index (χ1n) is 12.3. The zero-order valence-corrected chi connectivity index (χ0v) is 20.1. The fourth-order valence-electron chi connectivity index (χ4n) is 4.07. The van der Waals surface area contributed by atoms with Crippen LogP contribution >= 0.6 is 0 Å². The molecule has 0 fully saturated rings. The lowest BCUT2D eigenvalue weighted by Crippen LogP contribution is -2.18. The molecule has 1 aliphatic carbocycles. The van der Waals surface area contributed by atoms with Gasteiger partial charge in [-0.25, -0.2) is 0 Å². The number of nitrogens with one attached hydrogen (secondary N) is 3. The van der Waals surface area contributed by atoms with Crippen LogP contribution in [0, 0.1) is 0 Å². The average molecular weight is 478 g/mol. The molecule has 0 radical (unpaired) electrons. The summed E-state index contributed by atoms with van der Waals surface area (Å²) in [5.41, 5.74) is 9.37. The molecule has 3 aromatic rings. The molecule has 0 saturated heterocycles. The van der Waals surface area contributed by atoms with Crippen molar-refractivity contribution < 1.29 is 9.47 Å². The minimum absolute atomic E-state index is 0.190. The van der Waals surface area contributed by atoms with E-state index in [4.69, 9.17) is 15.2 Å². The highest BCUT2D eigenvalue weighted by atomic mass is 16.5. The van der Waals surface area contributed by atoms with E-state index in [1.165, 1.54) is 16.7 Å². The van der Waals surface area contributed by atoms with E-state index in [1.807, 2.05) is 18.2 Å². The topological polar surface area (TPSA) is 119 Å². The summed E-state index contributed by atoms with van der Waals surface area (Å²) in [5, 5.41) is 10.1. The largest absolute Gasteiger partial charge is 0.378 e. The van der Waals surface area contributed by atoms with Gasteiger partial charge in [0.05, 0.1) is 32.5 Å². The highest BCUT2D eigenvalue weighted by molar-refractivity contribution is 5.46. The zero-order chi connectivity index (χ0) is 24.1. The minimum atomic E-state index is 0.190. The van der Waals surface area contributed by atoms with Crippen molar-refractivity contribution >= 4 is 17.8 Å². The summed E-state index contributed by atoms with van der Waals surface area (Å²) in [5.74, 6) is 1.62. The number of benzene rings is 2. The van der Waals surface area contributed by atoms with Crippen molar-refractivity contribution in [3.05, 3.63) is 71.3 Å². The second kappa shape index (κ2) is 13.6. The Morgan fingerprint density at radius 2 is 1.46 bits per heavy atom. The monoisotopic (exact) mass is 477 g/mol. The maximum Gasteiger partial charge on any atom is 0.229 e. The normalized spacial score (nSPS) is 14.5. The van der Waals surface area contributed by atoms with Crippen molar-refractivity contribution in [3.63, 3.8) is 0 Å². The Morgan fingerprint density at radius 1 is 0.771 bits per heavy atom. The molecule has 0 bridgehead atoms. The first-order chi connectivity index (χ1) is 17.3. The van der Waals surface area contributed by atoms with E-state index in [-0.39, 0.29) is 6.04 Å². The molecule has 0 aliphatic heterocycles. The van der Waals surface area contributed by atoms with Crippen LogP contribution in [-0.4, -0.2) is 61.0 Å². The van der Waals surface area contributed by atoms with E-state index < -0.39 is 0 Å². The molecule has 0 saturated carbocycles. The third-order valence-electron chi connectivity index (χ3n) is 5.77. The standard InChI is InChI=1S/C26H35N7O2/c27-13-16-34-18-19-35-17-15-29-25-31-24(28-14-12-20-6-2-1-3-7-20)32-26(33-25)30-23-11-10-21-8-4-5-9-22(21)23/h1-9,23H,10-19,27H2,(H3,28,29,30,31,32,33). The second-order valence-electron chi connectivity index (χ2n) is 8.34. The lowest BCUT2D eigenvalue weighted by Gasteiger charge is -2.16. The number of nitrogens with two attached hydrogens (primary N) is 1. The van der Waals surface area contributed by atoms with E-state index >= 15 is 0 Å². The number of fused-ring (bicyclic) bond motifs is 1. The zero-order valence-electron chi connectivity index (χ0n) is 20.1. The van der Waals surface area contributed by atoms with Crippen molar-refractivity contribution in [3.8, 4) is 0 Å². The maximum atomic E-state index is 5.59. The number of nitrogens with zero attached hydrogens (tertiary/aromatic N) is 3. The lowest BCUT2D eigenvalue weighted by molar-refractivity contribution is 0.0547. The average Bonchev–Trinajstić information content (AvgIpc) is 3.29. The highest BCUT2D eigenvalue weighted by Gasteiger charge is 2.23. The van der Waals surface area contributed by atoms with Gasteiger partial charge in [-0.2, -0.15) is 15.0 Å². The summed E-state index contributed by atoms with van der Waals surface area (Å²) in [7, 11) is 0. The van der Waals surface area contributed by atoms with Crippen molar-refractivity contribution in [1.29, 1.82) is 0 Å². The van der Waals surface area contributed by atoms with Crippen LogP contribution < -0.4 is 21.7 Å². The van der Waals surface area contributed by atoms with E-state index in [0.29, 0.717) is 57.4 Å². The lowest BCUT2D eigenvalue weighted by atomic mass is 10.1. The van der Waals surface area contributed by atoms with Crippen LogP contribution in [0.3, 0.4) is 0 Å². The molecule has 4 rings (SSSR count). The Kier molecular flexibility index (Phi) is 9.64. The van der Waals surface area contributed by atoms with Crippen molar-refractivity contribution in [1.82, 2.24) is 15.0 Å². The van der Waals surface area contributed by atoms with Gasteiger partial charge in [-0.05, 0) is 36.0 Å². The first kappa shape index (κ1) is 24.8. The Morgan fingerprint density at radius 3 is 2.26 bits per heavy atom. The van der Waals surface area contributed by atoms with Crippen LogP contribution in [0.2, 0.25) is 0 Å². The van der Waals surface area contributed by atoms with Gasteiger partial charge in [0.25, 0.3) is 0 Å². The number of rotatable bonds is 15. The van der Waals surface area contributed by atoms with Crippen molar-refractivity contribution in [2.75, 3.05) is 62.0 Å². The number of aryl methyl sites for hydroxylation is 1. The highest BCUT2D eigenvalue weighted by Crippen LogP contribution is 2.33. The van der Waals surface area contributed by atoms with Crippen LogP contribution in [0.15, 0.2) is 54.6 Å². The van der Waals surface area contributed by atoms with Crippen molar-refractivity contribution in [2.45, 2.75) is 25.3 Å². The molecule has 1 heterocycles. The van der Waals surface area contributed by atoms with Gasteiger partial charge in [-0.15, -0.1) is 0 Å². The molecular formula is C26H35N7O2. The van der Waals surface area contributed by atoms with Gasteiger partial charge < -0.3 is 31.2 Å². The molecule has 5 N–H and O–H groups in total. The summed E-state index contributed by atoms with van der Waals surface area (Å²) < 4.78 is 10.9.